The van der Waals surface area contributed by atoms with Gasteiger partial charge < -0.3 is 5.32 Å². The minimum absolute atomic E-state index is 0.455. The second-order valence-electron chi connectivity index (χ2n) is 6.67. The summed E-state index contributed by atoms with van der Waals surface area (Å²) in [6, 6.07) is 3.22. The smallest absolute Gasteiger partial charge is 0.0640 e. The Hall–Kier alpha value is -0.830. The van der Waals surface area contributed by atoms with Crippen LogP contribution in [-0.2, 0) is 6.42 Å². The molecule has 2 rings (SSSR count). The first-order valence-electron chi connectivity index (χ1n) is 8.35. The number of nitrogens with zero attached hydrogens (tertiary/aromatic N) is 2. The van der Waals surface area contributed by atoms with Gasteiger partial charge in [-0.2, -0.15) is 5.10 Å². The predicted molar refractivity (Wildman–Crippen MR) is 84.9 cm³/mol. The standard InChI is InChI=1S/C17H31N3/c1-5-14-6-8-15(9-7-14)17(18-4)12-16-10-11-20(19-16)13(2)3/h10-11,13-15,17-18H,5-9,12H2,1-4H3. The van der Waals surface area contributed by atoms with E-state index in [0.717, 1.165) is 18.3 Å². The van der Waals surface area contributed by atoms with E-state index in [9.17, 15) is 0 Å². The molecule has 3 heteroatoms. The summed E-state index contributed by atoms with van der Waals surface area (Å²) in [6.07, 6.45) is 10.1. The van der Waals surface area contributed by atoms with Gasteiger partial charge in [0.15, 0.2) is 0 Å². The molecule has 0 spiro atoms. The van der Waals surface area contributed by atoms with Gasteiger partial charge >= 0.3 is 0 Å². The summed E-state index contributed by atoms with van der Waals surface area (Å²) in [6.45, 7) is 6.69. The van der Waals surface area contributed by atoms with Crippen LogP contribution in [0.4, 0.5) is 0 Å². The average molecular weight is 277 g/mol. The van der Waals surface area contributed by atoms with Crippen molar-refractivity contribution in [1.29, 1.82) is 0 Å². The Labute approximate surface area is 124 Å². The molecular formula is C17H31N3. The van der Waals surface area contributed by atoms with Gasteiger partial charge in [0, 0.05) is 24.7 Å². The summed E-state index contributed by atoms with van der Waals surface area (Å²) in [5.74, 6) is 1.80. The number of hydrogen-bond donors (Lipinski definition) is 1. The van der Waals surface area contributed by atoms with Crippen molar-refractivity contribution in [3.63, 3.8) is 0 Å². The Kier molecular flexibility index (Phi) is 5.64. The number of hydrogen-bond acceptors (Lipinski definition) is 2. The van der Waals surface area contributed by atoms with E-state index < -0.39 is 0 Å². The molecule has 1 atom stereocenters. The molecule has 0 bridgehead atoms. The van der Waals surface area contributed by atoms with E-state index in [1.807, 2.05) is 0 Å². The first kappa shape index (κ1) is 15.6. The maximum absolute atomic E-state index is 4.70. The number of likely N-dealkylation sites (N-methyl/N-ethyl adjacent to an activating group) is 1. The van der Waals surface area contributed by atoms with Crippen LogP contribution in [0.1, 0.15) is 64.6 Å². The minimum Gasteiger partial charge on any atom is -0.316 e. The van der Waals surface area contributed by atoms with E-state index in [-0.39, 0.29) is 0 Å². The van der Waals surface area contributed by atoms with Gasteiger partial charge in [-0.15, -0.1) is 0 Å². The first-order valence-corrected chi connectivity index (χ1v) is 8.35. The van der Waals surface area contributed by atoms with E-state index >= 15 is 0 Å². The summed E-state index contributed by atoms with van der Waals surface area (Å²) < 4.78 is 2.07. The molecule has 0 aromatic carbocycles. The third-order valence-corrected chi connectivity index (χ3v) is 5.03. The predicted octanol–water partition coefficient (Wildman–Crippen LogP) is 3.81. The highest BCUT2D eigenvalue weighted by atomic mass is 15.3. The quantitative estimate of drug-likeness (QED) is 0.857. The Balaban J connectivity index is 1.91. The first-order chi connectivity index (χ1) is 9.63. The Morgan fingerprint density at radius 2 is 2.00 bits per heavy atom. The second-order valence-corrected chi connectivity index (χ2v) is 6.67. The third-order valence-electron chi connectivity index (χ3n) is 5.03. The second kappa shape index (κ2) is 7.26. The molecule has 0 aliphatic heterocycles. The molecule has 1 heterocycles. The Bertz CT molecular complexity index is 389. The van der Waals surface area contributed by atoms with Crippen molar-refractivity contribution in [3.05, 3.63) is 18.0 Å². The van der Waals surface area contributed by atoms with E-state index in [1.54, 1.807) is 0 Å². The molecule has 1 saturated carbocycles. The molecule has 1 aliphatic carbocycles. The van der Waals surface area contributed by atoms with Crippen LogP contribution in [-0.4, -0.2) is 22.9 Å². The minimum atomic E-state index is 0.455. The van der Waals surface area contributed by atoms with Crippen LogP contribution in [0.5, 0.6) is 0 Å². The maximum atomic E-state index is 4.70. The lowest BCUT2D eigenvalue weighted by Gasteiger charge is -2.33. The lowest BCUT2D eigenvalue weighted by Crippen LogP contribution is -2.37. The van der Waals surface area contributed by atoms with Crippen LogP contribution in [0.25, 0.3) is 0 Å². The van der Waals surface area contributed by atoms with Crippen LogP contribution >= 0.6 is 0 Å². The zero-order valence-electron chi connectivity index (χ0n) is 13.6. The molecule has 3 nitrogen and oxygen atoms in total. The lowest BCUT2D eigenvalue weighted by atomic mass is 9.76. The van der Waals surface area contributed by atoms with Crippen LogP contribution in [0.2, 0.25) is 0 Å². The van der Waals surface area contributed by atoms with Gasteiger partial charge in [0.1, 0.15) is 0 Å². The molecule has 1 aromatic rings. The fourth-order valence-electron chi connectivity index (χ4n) is 3.50. The molecule has 0 amide bonds. The molecular weight excluding hydrogens is 246 g/mol. The number of aromatic nitrogens is 2. The summed E-state index contributed by atoms with van der Waals surface area (Å²) in [5, 5.41) is 8.24. The van der Waals surface area contributed by atoms with Crippen molar-refractivity contribution in [3.8, 4) is 0 Å². The van der Waals surface area contributed by atoms with Crippen molar-refractivity contribution in [2.24, 2.45) is 11.8 Å². The Morgan fingerprint density at radius 3 is 2.50 bits per heavy atom. The molecule has 20 heavy (non-hydrogen) atoms. The number of rotatable bonds is 6. The van der Waals surface area contributed by atoms with Gasteiger partial charge in [0.25, 0.3) is 0 Å². The van der Waals surface area contributed by atoms with E-state index in [2.05, 4.69) is 50.1 Å². The summed E-state index contributed by atoms with van der Waals surface area (Å²) in [4.78, 5) is 0. The SMILES string of the molecule is CCC1CCC(C(Cc2ccn(C(C)C)n2)NC)CC1. The molecule has 0 saturated heterocycles. The topological polar surface area (TPSA) is 29.9 Å². The monoisotopic (exact) mass is 277 g/mol. The highest BCUT2D eigenvalue weighted by Gasteiger charge is 2.26. The zero-order chi connectivity index (χ0) is 14.5. The molecule has 0 radical (unpaired) electrons. The third kappa shape index (κ3) is 3.85. The molecule has 114 valence electrons. The number of nitrogens with one attached hydrogen (secondary N) is 1. The van der Waals surface area contributed by atoms with E-state index in [0.29, 0.717) is 12.1 Å². The normalized spacial score (nSPS) is 25.1. The fourth-order valence-corrected chi connectivity index (χ4v) is 3.50. The molecule has 1 N–H and O–H groups in total. The zero-order valence-corrected chi connectivity index (χ0v) is 13.6. The molecule has 1 fully saturated rings. The van der Waals surface area contributed by atoms with Gasteiger partial charge in [0.05, 0.1) is 5.69 Å². The fraction of sp³-hybridized carbons (Fsp3) is 0.824. The van der Waals surface area contributed by atoms with Crippen molar-refractivity contribution < 1.29 is 0 Å². The lowest BCUT2D eigenvalue weighted by molar-refractivity contribution is 0.221. The summed E-state index contributed by atoms with van der Waals surface area (Å²) in [7, 11) is 2.11. The van der Waals surface area contributed by atoms with E-state index in [4.69, 9.17) is 5.10 Å². The van der Waals surface area contributed by atoms with Gasteiger partial charge in [-0.1, -0.05) is 26.2 Å². The van der Waals surface area contributed by atoms with Crippen molar-refractivity contribution in [1.82, 2.24) is 15.1 Å². The summed E-state index contributed by atoms with van der Waals surface area (Å²) in [5.41, 5.74) is 1.23. The maximum Gasteiger partial charge on any atom is 0.0640 e. The van der Waals surface area contributed by atoms with Crippen LogP contribution in [0.15, 0.2) is 12.3 Å². The highest BCUT2D eigenvalue weighted by Crippen LogP contribution is 2.33. The van der Waals surface area contributed by atoms with Gasteiger partial charge in [-0.25, -0.2) is 0 Å². The molecule has 1 aliphatic rings. The Morgan fingerprint density at radius 1 is 1.30 bits per heavy atom. The van der Waals surface area contributed by atoms with Crippen LogP contribution < -0.4 is 5.32 Å². The average Bonchev–Trinajstić information content (AvgIpc) is 2.94. The largest absolute Gasteiger partial charge is 0.316 e. The van der Waals surface area contributed by atoms with Crippen molar-refractivity contribution in [2.75, 3.05) is 7.05 Å². The molecule has 1 aromatic heterocycles. The van der Waals surface area contributed by atoms with Gasteiger partial charge in [-0.3, -0.25) is 4.68 Å². The van der Waals surface area contributed by atoms with Crippen LogP contribution in [0.3, 0.4) is 0 Å². The van der Waals surface area contributed by atoms with Crippen LogP contribution in [0, 0.1) is 11.8 Å². The summed E-state index contributed by atoms with van der Waals surface area (Å²) >= 11 is 0. The molecule has 1 unspecified atom stereocenters. The van der Waals surface area contributed by atoms with Crippen molar-refractivity contribution >= 4 is 0 Å². The van der Waals surface area contributed by atoms with Crippen molar-refractivity contribution in [2.45, 2.75) is 71.4 Å². The highest BCUT2D eigenvalue weighted by molar-refractivity contribution is 5.03. The van der Waals surface area contributed by atoms with E-state index in [1.165, 1.54) is 37.8 Å². The van der Waals surface area contributed by atoms with Gasteiger partial charge in [0.2, 0.25) is 0 Å². The van der Waals surface area contributed by atoms with Gasteiger partial charge in [-0.05, 0) is 51.6 Å².